The van der Waals surface area contributed by atoms with Gasteiger partial charge in [0.1, 0.15) is 5.75 Å². The van der Waals surface area contributed by atoms with Crippen molar-refractivity contribution in [3.63, 3.8) is 0 Å². The lowest BCUT2D eigenvalue weighted by Crippen LogP contribution is -2.03. The van der Waals surface area contributed by atoms with E-state index in [1.165, 1.54) is 11.3 Å². The number of hydrogen-bond acceptors (Lipinski definition) is 5. The Kier molecular flexibility index (Phi) is 8.43. The highest BCUT2D eigenvalue weighted by Crippen LogP contribution is 2.37. The summed E-state index contributed by atoms with van der Waals surface area (Å²) >= 11 is 13.7. The molecule has 3 aromatic rings. The van der Waals surface area contributed by atoms with Crippen LogP contribution in [0.1, 0.15) is 40.2 Å². The number of rotatable bonds is 6. The smallest absolute Gasteiger partial charge is 0.319 e. The second-order valence-corrected chi connectivity index (χ2v) is 8.91. The van der Waals surface area contributed by atoms with Gasteiger partial charge in [-0.15, -0.1) is 11.3 Å². The quantitative estimate of drug-likeness (QED) is 0.365. The van der Waals surface area contributed by atoms with E-state index in [2.05, 4.69) is 4.36 Å². The van der Waals surface area contributed by atoms with Gasteiger partial charge in [-0.2, -0.15) is 8.42 Å². The molecule has 0 spiro atoms. The summed E-state index contributed by atoms with van der Waals surface area (Å²) < 4.78 is 31.5. The van der Waals surface area contributed by atoms with E-state index < -0.39 is 16.4 Å². The van der Waals surface area contributed by atoms with Crippen molar-refractivity contribution >= 4 is 61.0 Å². The minimum absolute atomic E-state index is 0. The van der Waals surface area contributed by atoms with Crippen molar-refractivity contribution in [2.24, 2.45) is 4.36 Å². The highest BCUT2D eigenvalue weighted by Gasteiger charge is 2.20. The first-order valence-corrected chi connectivity index (χ1v) is 11.3. The van der Waals surface area contributed by atoms with Gasteiger partial charge in [-0.3, -0.25) is 4.79 Å². The zero-order valence-corrected chi connectivity index (χ0v) is 18.8. The van der Waals surface area contributed by atoms with E-state index in [4.69, 9.17) is 27.9 Å². The lowest BCUT2D eigenvalue weighted by molar-refractivity contribution is 0.101. The molecular formula is C21H21Cl2NO4S2. The van der Waals surface area contributed by atoms with Gasteiger partial charge < -0.3 is 4.74 Å². The Morgan fingerprint density at radius 3 is 2.47 bits per heavy atom. The summed E-state index contributed by atoms with van der Waals surface area (Å²) in [6.45, 7) is 4.26. The summed E-state index contributed by atoms with van der Waals surface area (Å²) in [5.41, 5.74) is 2.58. The van der Waals surface area contributed by atoms with Crippen molar-refractivity contribution < 1.29 is 17.9 Å². The van der Waals surface area contributed by atoms with Crippen LogP contribution in [-0.2, 0) is 16.9 Å². The molecule has 0 bridgehead atoms. The van der Waals surface area contributed by atoms with E-state index in [1.807, 2.05) is 32.0 Å². The predicted octanol–water partition coefficient (Wildman–Crippen LogP) is 6.68. The van der Waals surface area contributed by atoms with E-state index in [0.717, 1.165) is 32.0 Å². The van der Waals surface area contributed by atoms with Crippen molar-refractivity contribution in [3.8, 4) is 5.75 Å². The molecule has 0 aliphatic rings. The summed E-state index contributed by atoms with van der Waals surface area (Å²) in [5, 5.41) is 1.99. The molecule has 1 aromatic heterocycles. The lowest BCUT2D eigenvalue weighted by atomic mass is 10.1. The Morgan fingerprint density at radius 1 is 1.17 bits per heavy atom. The monoisotopic (exact) mass is 485 g/mol. The van der Waals surface area contributed by atoms with Gasteiger partial charge in [0, 0.05) is 20.1 Å². The van der Waals surface area contributed by atoms with Crippen LogP contribution in [0.5, 0.6) is 5.75 Å². The summed E-state index contributed by atoms with van der Waals surface area (Å²) in [6, 6.07) is 9.13. The molecule has 0 aliphatic carbocycles. The van der Waals surface area contributed by atoms with Crippen LogP contribution in [0.15, 0.2) is 34.7 Å². The third kappa shape index (κ3) is 5.40. The van der Waals surface area contributed by atoms with Crippen molar-refractivity contribution in [2.75, 3.05) is 6.61 Å². The molecule has 0 saturated carbocycles. The van der Waals surface area contributed by atoms with Crippen LogP contribution >= 0.6 is 34.5 Å². The predicted molar refractivity (Wildman–Crippen MR) is 124 cm³/mol. The molecule has 0 radical (unpaired) electrons. The van der Waals surface area contributed by atoms with Crippen molar-refractivity contribution in [1.82, 2.24) is 0 Å². The summed E-state index contributed by atoms with van der Waals surface area (Å²) in [4.78, 5) is 12.6. The first-order valence-electron chi connectivity index (χ1n) is 8.72. The number of amides is 1. The molecule has 0 unspecified atom stereocenters. The minimum Gasteiger partial charge on any atom is -0.494 e. The number of halogens is 2. The number of benzene rings is 2. The maximum atomic E-state index is 12.3. The van der Waals surface area contributed by atoms with Gasteiger partial charge in [0.05, 0.1) is 11.5 Å². The number of thiophene rings is 1. The number of carbonyl (C=O) groups excluding carboxylic acids is 1. The van der Waals surface area contributed by atoms with Crippen molar-refractivity contribution in [1.29, 1.82) is 0 Å². The highest BCUT2D eigenvalue weighted by atomic mass is 35.5. The Labute approximate surface area is 191 Å². The second-order valence-electron chi connectivity index (χ2n) is 6.46. The molecule has 160 valence electrons. The second kappa shape index (κ2) is 10.4. The van der Waals surface area contributed by atoms with Gasteiger partial charge in [-0.1, -0.05) is 41.1 Å². The maximum Gasteiger partial charge on any atom is 0.319 e. The van der Waals surface area contributed by atoms with Crippen LogP contribution in [0, 0.1) is 13.8 Å². The molecule has 2 aromatic carbocycles. The van der Waals surface area contributed by atoms with Gasteiger partial charge in [0.25, 0.3) is 0 Å². The van der Waals surface area contributed by atoms with Gasteiger partial charge in [-0.25, -0.2) is 0 Å². The van der Waals surface area contributed by atoms with Crippen LogP contribution < -0.4 is 4.74 Å². The van der Waals surface area contributed by atoms with Gasteiger partial charge >= 0.3 is 16.4 Å². The zero-order chi connectivity index (χ0) is 21.1. The average molecular weight is 486 g/mol. The lowest BCUT2D eigenvalue weighted by Gasteiger charge is -2.10. The van der Waals surface area contributed by atoms with E-state index in [1.54, 1.807) is 12.1 Å². The molecule has 0 atom stereocenters. The van der Waals surface area contributed by atoms with Crippen LogP contribution in [0.4, 0.5) is 0 Å². The highest BCUT2D eigenvalue weighted by molar-refractivity contribution is 7.62. The summed E-state index contributed by atoms with van der Waals surface area (Å²) in [6.07, 6.45) is 1.11. The summed E-state index contributed by atoms with van der Waals surface area (Å²) in [7, 11) is -2.81. The minimum atomic E-state index is -2.81. The van der Waals surface area contributed by atoms with E-state index in [9.17, 15) is 13.2 Å². The fraction of sp³-hybridized carbons (Fsp3) is 0.286. The molecule has 0 N–H and O–H groups in total. The Hall–Kier alpha value is -1.93. The molecule has 5 nitrogen and oxygen atoms in total. The SMILES string of the molecule is C.Cc1cc(OCCCc2c(C(=O)N=S(=O)=O)sc3cccc(Cl)c23)cc(C)c1Cl. The fourth-order valence-corrected chi connectivity index (χ4v) is 5.02. The third-order valence-corrected chi connectivity index (χ3v) is 6.78. The first-order chi connectivity index (χ1) is 13.8. The van der Waals surface area contributed by atoms with Crippen molar-refractivity contribution in [3.05, 3.63) is 61.9 Å². The van der Waals surface area contributed by atoms with Crippen LogP contribution in [0.3, 0.4) is 0 Å². The normalized spacial score (nSPS) is 10.5. The van der Waals surface area contributed by atoms with Gasteiger partial charge in [0.2, 0.25) is 0 Å². The zero-order valence-electron chi connectivity index (χ0n) is 15.7. The third-order valence-electron chi connectivity index (χ3n) is 4.36. The van der Waals surface area contributed by atoms with E-state index in [-0.39, 0.29) is 12.3 Å². The van der Waals surface area contributed by atoms with Crippen molar-refractivity contribution in [2.45, 2.75) is 34.1 Å². The average Bonchev–Trinajstić information content (AvgIpc) is 3.03. The van der Waals surface area contributed by atoms with Gasteiger partial charge in [-0.05, 0) is 67.6 Å². The van der Waals surface area contributed by atoms with Crippen LogP contribution in [0.25, 0.3) is 10.1 Å². The summed E-state index contributed by atoms with van der Waals surface area (Å²) in [5.74, 6) is -0.0545. The van der Waals surface area contributed by atoms with E-state index >= 15 is 0 Å². The fourth-order valence-electron chi connectivity index (χ4n) is 3.12. The molecule has 3 rings (SSSR count). The molecule has 9 heteroatoms. The number of carbonyl (C=O) groups is 1. The largest absolute Gasteiger partial charge is 0.494 e. The molecule has 1 amide bonds. The number of nitrogens with zero attached hydrogens (tertiary/aromatic N) is 1. The maximum absolute atomic E-state index is 12.3. The Balaban J connectivity index is 0.00000320. The molecular weight excluding hydrogens is 465 g/mol. The Morgan fingerprint density at radius 2 is 1.83 bits per heavy atom. The molecule has 0 fully saturated rings. The Bertz CT molecular complexity index is 1200. The van der Waals surface area contributed by atoms with Crippen LogP contribution in [0.2, 0.25) is 10.0 Å². The topological polar surface area (TPSA) is 72.8 Å². The molecule has 0 saturated heterocycles. The standard InChI is InChI=1S/C20H17Cl2NO4S2.CH4/c1-11-9-13(10-12(2)18(11)22)27-8-4-5-14-17-15(21)6-3-7-16(17)28-19(14)20(24)23-29(25)26;/h3,6-7,9-10H,4-5,8H2,1-2H3;1H4. The van der Waals surface area contributed by atoms with Crippen LogP contribution in [-0.4, -0.2) is 20.9 Å². The molecule has 30 heavy (non-hydrogen) atoms. The molecule has 1 heterocycles. The molecule has 0 aliphatic heterocycles. The van der Waals surface area contributed by atoms with E-state index in [0.29, 0.717) is 30.0 Å². The number of aryl methyl sites for hydroxylation is 3. The number of ether oxygens (including phenoxy) is 1. The first kappa shape index (κ1) is 24.3. The number of fused-ring (bicyclic) bond motifs is 1. The number of hydrogen-bond donors (Lipinski definition) is 0. The van der Waals surface area contributed by atoms with Gasteiger partial charge in [0.15, 0.2) is 0 Å².